The summed E-state index contributed by atoms with van der Waals surface area (Å²) in [5, 5.41) is 11.0. The number of piperidine rings is 1. The quantitative estimate of drug-likeness (QED) is 0.863. The standard InChI is InChI=1S/C17H31NO3/c1-5-14(12-13-6-7-13)17(20)8-10-18(11-9-17)15(19)21-16(2,3)4/h13-14,20H,5-12H2,1-4H3. The van der Waals surface area contributed by atoms with Gasteiger partial charge in [0.2, 0.25) is 0 Å². The molecule has 2 fully saturated rings. The molecule has 0 spiro atoms. The number of hydrogen-bond donors (Lipinski definition) is 1. The average Bonchev–Trinajstić information content (AvgIpc) is 3.18. The van der Waals surface area contributed by atoms with Gasteiger partial charge in [0.25, 0.3) is 0 Å². The number of rotatable bonds is 4. The maximum atomic E-state index is 12.1. The van der Waals surface area contributed by atoms with Gasteiger partial charge in [-0.2, -0.15) is 0 Å². The lowest BCUT2D eigenvalue weighted by atomic mass is 9.75. The highest BCUT2D eigenvalue weighted by molar-refractivity contribution is 5.68. The predicted octanol–water partition coefficient (Wildman–Crippen LogP) is 3.57. The van der Waals surface area contributed by atoms with Crippen LogP contribution in [0.5, 0.6) is 0 Å². The summed E-state index contributed by atoms with van der Waals surface area (Å²) in [4.78, 5) is 13.8. The predicted molar refractivity (Wildman–Crippen MR) is 83.1 cm³/mol. The largest absolute Gasteiger partial charge is 0.444 e. The Morgan fingerprint density at radius 1 is 1.33 bits per heavy atom. The molecule has 1 heterocycles. The topological polar surface area (TPSA) is 49.8 Å². The minimum Gasteiger partial charge on any atom is -0.444 e. The maximum Gasteiger partial charge on any atom is 0.410 e. The number of carbonyl (C=O) groups excluding carboxylic acids is 1. The molecule has 1 amide bonds. The molecule has 1 atom stereocenters. The molecule has 0 bridgehead atoms. The van der Waals surface area contributed by atoms with Crippen LogP contribution < -0.4 is 0 Å². The van der Waals surface area contributed by atoms with Crippen molar-refractivity contribution in [3.8, 4) is 0 Å². The van der Waals surface area contributed by atoms with Crippen LogP contribution >= 0.6 is 0 Å². The lowest BCUT2D eigenvalue weighted by Crippen LogP contribution is -2.51. The van der Waals surface area contributed by atoms with E-state index in [1.54, 1.807) is 4.90 Å². The van der Waals surface area contributed by atoms with Gasteiger partial charge in [0.1, 0.15) is 5.60 Å². The molecular weight excluding hydrogens is 266 g/mol. The normalized spacial score (nSPS) is 23.8. The summed E-state index contributed by atoms with van der Waals surface area (Å²) in [5.41, 5.74) is -1.04. The zero-order chi connectivity index (χ0) is 15.7. The van der Waals surface area contributed by atoms with Crippen molar-refractivity contribution < 1.29 is 14.6 Å². The van der Waals surface area contributed by atoms with E-state index in [0.29, 0.717) is 31.8 Å². The van der Waals surface area contributed by atoms with Crippen LogP contribution in [0.1, 0.15) is 66.2 Å². The third kappa shape index (κ3) is 4.60. The van der Waals surface area contributed by atoms with Gasteiger partial charge in [-0.25, -0.2) is 4.79 Å². The summed E-state index contributed by atoms with van der Waals surface area (Å²) in [6.45, 7) is 9.03. The fourth-order valence-corrected chi connectivity index (χ4v) is 3.33. The van der Waals surface area contributed by atoms with Gasteiger partial charge in [-0.05, 0) is 51.9 Å². The summed E-state index contributed by atoms with van der Waals surface area (Å²) in [6, 6.07) is 0. The zero-order valence-corrected chi connectivity index (χ0v) is 14.0. The number of aliphatic hydroxyl groups is 1. The van der Waals surface area contributed by atoms with Gasteiger partial charge < -0.3 is 14.7 Å². The second-order valence-corrected chi connectivity index (χ2v) is 7.86. The molecule has 0 radical (unpaired) electrons. The maximum absolute atomic E-state index is 12.1. The van der Waals surface area contributed by atoms with Gasteiger partial charge in [0.15, 0.2) is 0 Å². The molecule has 1 saturated carbocycles. The van der Waals surface area contributed by atoms with Crippen LogP contribution in [0.3, 0.4) is 0 Å². The van der Waals surface area contributed by atoms with E-state index in [9.17, 15) is 9.90 Å². The third-order valence-electron chi connectivity index (χ3n) is 4.85. The first-order valence-electron chi connectivity index (χ1n) is 8.44. The summed E-state index contributed by atoms with van der Waals surface area (Å²) < 4.78 is 5.41. The number of amides is 1. The van der Waals surface area contributed by atoms with Crippen molar-refractivity contribution in [1.29, 1.82) is 0 Å². The van der Waals surface area contributed by atoms with Gasteiger partial charge in [0.05, 0.1) is 5.60 Å². The van der Waals surface area contributed by atoms with Crippen molar-refractivity contribution in [1.82, 2.24) is 4.90 Å². The Morgan fingerprint density at radius 2 is 1.90 bits per heavy atom. The highest BCUT2D eigenvalue weighted by Gasteiger charge is 2.42. The van der Waals surface area contributed by atoms with Crippen molar-refractivity contribution in [2.45, 2.75) is 77.4 Å². The second-order valence-electron chi connectivity index (χ2n) is 7.86. The van der Waals surface area contributed by atoms with Crippen molar-refractivity contribution in [3.63, 3.8) is 0 Å². The van der Waals surface area contributed by atoms with E-state index >= 15 is 0 Å². The van der Waals surface area contributed by atoms with Crippen LogP contribution in [-0.4, -0.2) is 40.4 Å². The van der Waals surface area contributed by atoms with E-state index < -0.39 is 11.2 Å². The Labute approximate surface area is 128 Å². The Morgan fingerprint density at radius 3 is 2.33 bits per heavy atom. The third-order valence-corrected chi connectivity index (χ3v) is 4.85. The van der Waals surface area contributed by atoms with Crippen LogP contribution in [-0.2, 0) is 4.74 Å². The van der Waals surface area contributed by atoms with E-state index in [1.807, 2.05) is 20.8 Å². The monoisotopic (exact) mass is 297 g/mol. The van der Waals surface area contributed by atoms with Crippen molar-refractivity contribution in [2.75, 3.05) is 13.1 Å². The number of hydrogen-bond acceptors (Lipinski definition) is 3. The van der Waals surface area contributed by atoms with E-state index in [4.69, 9.17) is 4.74 Å². The molecule has 1 saturated heterocycles. The molecule has 1 aliphatic carbocycles. The Bertz CT molecular complexity index is 363. The number of carbonyl (C=O) groups is 1. The molecule has 2 rings (SSSR count). The molecule has 0 aromatic rings. The van der Waals surface area contributed by atoms with Crippen LogP contribution in [0.2, 0.25) is 0 Å². The average molecular weight is 297 g/mol. The molecule has 4 heteroatoms. The molecule has 1 aliphatic heterocycles. The number of likely N-dealkylation sites (tertiary alicyclic amines) is 1. The first-order chi connectivity index (χ1) is 9.73. The van der Waals surface area contributed by atoms with Crippen LogP contribution in [0, 0.1) is 11.8 Å². The molecule has 2 aliphatic rings. The molecule has 1 unspecified atom stereocenters. The summed E-state index contributed by atoms with van der Waals surface area (Å²) in [7, 11) is 0. The first-order valence-corrected chi connectivity index (χ1v) is 8.44. The lowest BCUT2D eigenvalue weighted by molar-refractivity contribution is -0.0738. The minimum atomic E-state index is -0.587. The Balaban J connectivity index is 1.87. The molecule has 0 aromatic carbocycles. The van der Waals surface area contributed by atoms with Gasteiger partial charge >= 0.3 is 6.09 Å². The second kappa shape index (κ2) is 6.15. The van der Waals surface area contributed by atoms with Crippen molar-refractivity contribution in [2.24, 2.45) is 11.8 Å². The van der Waals surface area contributed by atoms with E-state index in [1.165, 1.54) is 12.8 Å². The fourth-order valence-electron chi connectivity index (χ4n) is 3.33. The van der Waals surface area contributed by atoms with E-state index in [-0.39, 0.29) is 6.09 Å². The highest BCUT2D eigenvalue weighted by atomic mass is 16.6. The Hall–Kier alpha value is -0.770. The molecule has 21 heavy (non-hydrogen) atoms. The summed E-state index contributed by atoms with van der Waals surface area (Å²) in [6.07, 6.45) is 5.95. The van der Waals surface area contributed by atoms with Gasteiger partial charge in [-0.3, -0.25) is 0 Å². The zero-order valence-electron chi connectivity index (χ0n) is 14.0. The molecule has 122 valence electrons. The van der Waals surface area contributed by atoms with E-state index in [0.717, 1.165) is 18.8 Å². The lowest BCUT2D eigenvalue weighted by Gasteiger charge is -2.43. The summed E-state index contributed by atoms with van der Waals surface area (Å²) >= 11 is 0. The fraction of sp³-hybridized carbons (Fsp3) is 0.941. The SMILES string of the molecule is CCC(CC1CC1)C1(O)CCN(C(=O)OC(C)(C)C)CC1. The molecule has 4 nitrogen and oxygen atoms in total. The van der Waals surface area contributed by atoms with E-state index in [2.05, 4.69) is 6.92 Å². The Kier molecular flexibility index (Phi) is 4.86. The minimum absolute atomic E-state index is 0.250. The highest BCUT2D eigenvalue weighted by Crippen LogP contribution is 2.42. The van der Waals surface area contributed by atoms with Crippen LogP contribution in [0.4, 0.5) is 4.79 Å². The van der Waals surface area contributed by atoms with Crippen LogP contribution in [0.15, 0.2) is 0 Å². The van der Waals surface area contributed by atoms with Crippen LogP contribution in [0.25, 0.3) is 0 Å². The van der Waals surface area contributed by atoms with Gasteiger partial charge in [-0.15, -0.1) is 0 Å². The van der Waals surface area contributed by atoms with Crippen molar-refractivity contribution in [3.05, 3.63) is 0 Å². The first kappa shape index (κ1) is 16.6. The van der Waals surface area contributed by atoms with Gasteiger partial charge in [-0.1, -0.05) is 26.2 Å². The molecule has 1 N–H and O–H groups in total. The van der Waals surface area contributed by atoms with Crippen molar-refractivity contribution >= 4 is 6.09 Å². The van der Waals surface area contributed by atoms with Gasteiger partial charge in [0, 0.05) is 13.1 Å². The molecular formula is C17H31NO3. The number of ether oxygens (including phenoxy) is 1. The summed E-state index contributed by atoms with van der Waals surface area (Å²) in [5.74, 6) is 1.22. The molecule has 0 aromatic heterocycles. The number of nitrogens with zero attached hydrogens (tertiary/aromatic N) is 1. The smallest absolute Gasteiger partial charge is 0.410 e.